The first-order valence-electron chi connectivity index (χ1n) is 5.51. The summed E-state index contributed by atoms with van der Waals surface area (Å²) in [5, 5.41) is 27.7. The molecule has 1 aliphatic heterocycles. The predicted molar refractivity (Wildman–Crippen MR) is 58.6 cm³/mol. The number of halogens is 2. The summed E-state index contributed by atoms with van der Waals surface area (Å²) < 4.78 is 32.5. The van der Waals surface area contributed by atoms with Crippen LogP contribution in [0.2, 0.25) is 0 Å². The van der Waals surface area contributed by atoms with Gasteiger partial charge in [-0.15, -0.1) is 0 Å². The summed E-state index contributed by atoms with van der Waals surface area (Å²) in [5.41, 5.74) is -3.93. The highest BCUT2D eigenvalue weighted by molar-refractivity contribution is 6.03. The first kappa shape index (κ1) is 14.0. The number of hydrogen-bond donors (Lipinski definition) is 3. The molecule has 1 aromatic carbocycles. The third kappa shape index (κ3) is 1.95. The van der Waals surface area contributed by atoms with Crippen molar-refractivity contribution < 1.29 is 33.6 Å². The Morgan fingerprint density at radius 3 is 2.37 bits per heavy atom. The Hall–Kier alpha value is -1.41. The average Bonchev–Trinajstić information content (AvgIpc) is 2.60. The molecule has 3 N–H and O–H groups in total. The molecule has 5 nitrogen and oxygen atoms in total. The molecule has 7 heteroatoms. The molecule has 1 aliphatic rings. The summed E-state index contributed by atoms with van der Waals surface area (Å²) >= 11 is 0. The molecule has 4 atom stereocenters. The number of carbonyl (C=O) groups excluding carboxylic acids is 1. The van der Waals surface area contributed by atoms with Crippen LogP contribution >= 0.6 is 0 Å². The summed E-state index contributed by atoms with van der Waals surface area (Å²) in [4.78, 5) is 12.0. The van der Waals surface area contributed by atoms with E-state index in [1.165, 1.54) is 24.3 Å². The van der Waals surface area contributed by atoms with Crippen molar-refractivity contribution in [1.82, 2.24) is 0 Å². The lowest BCUT2D eigenvalue weighted by molar-refractivity contribution is -0.315. The largest absolute Gasteiger partial charge is 0.394 e. The van der Waals surface area contributed by atoms with Crippen molar-refractivity contribution >= 4 is 5.78 Å². The first-order valence-corrected chi connectivity index (χ1v) is 5.51. The molecule has 104 valence electrons. The molecule has 0 bridgehead atoms. The summed E-state index contributed by atoms with van der Waals surface area (Å²) in [6, 6.07) is 2.80. The number of aliphatic hydroxyl groups is 3. The highest BCUT2D eigenvalue weighted by atomic mass is 19.2. The zero-order valence-corrected chi connectivity index (χ0v) is 9.66. The monoisotopic (exact) mass is 274 g/mol. The fourth-order valence-corrected chi connectivity index (χ4v) is 2.00. The molecule has 19 heavy (non-hydrogen) atoms. The Bertz CT molecular complexity index is 478. The second-order valence-electron chi connectivity index (χ2n) is 4.25. The molecule has 1 aromatic rings. The van der Waals surface area contributed by atoms with E-state index in [4.69, 9.17) is 5.11 Å². The van der Waals surface area contributed by atoms with Crippen molar-refractivity contribution in [2.45, 2.75) is 23.9 Å². The van der Waals surface area contributed by atoms with Gasteiger partial charge >= 0.3 is 6.04 Å². The molecule has 0 spiro atoms. The zero-order chi connectivity index (χ0) is 14.3. The molecule has 0 aromatic heterocycles. The van der Waals surface area contributed by atoms with E-state index in [-0.39, 0.29) is 5.56 Å². The van der Waals surface area contributed by atoms with E-state index < -0.39 is 36.3 Å². The molecule has 1 heterocycles. The highest BCUT2D eigenvalue weighted by Crippen LogP contribution is 2.44. The smallest absolute Gasteiger partial charge is 0.364 e. The quantitative estimate of drug-likeness (QED) is 0.672. The maximum Gasteiger partial charge on any atom is 0.364 e. The molecule has 0 amide bonds. The van der Waals surface area contributed by atoms with Crippen LogP contribution < -0.4 is 0 Å². The van der Waals surface area contributed by atoms with E-state index >= 15 is 0 Å². The number of aliphatic hydroxyl groups excluding tert-OH is 2. The van der Waals surface area contributed by atoms with Gasteiger partial charge in [0.1, 0.15) is 12.2 Å². The minimum atomic E-state index is -4.01. The maximum atomic E-state index is 14.5. The van der Waals surface area contributed by atoms with E-state index in [2.05, 4.69) is 4.74 Å². The number of ketones is 1. The summed E-state index contributed by atoms with van der Waals surface area (Å²) in [6.07, 6.45) is -4.05. The van der Waals surface area contributed by atoms with Gasteiger partial charge in [-0.3, -0.25) is 4.79 Å². The highest BCUT2D eigenvalue weighted by Gasteiger charge is 2.72. The molecule has 1 saturated heterocycles. The predicted octanol–water partition coefficient (Wildman–Crippen LogP) is -0.0548. The molecule has 0 radical (unpaired) electrons. The van der Waals surface area contributed by atoms with Gasteiger partial charge in [-0.05, 0) is 0 Å². The standard InChI is InChI=1S/C12H12F2O5/c13-11(9(16)7-4-2-1-3-5-7)10(17)8(6-15)19-12(11,14)18/h1-5,8,10,15,17-18H,6H2/t8-,10-,11-,12-/m1/s1. The van der Waals surface area contributed by atoms with Crippen LogP contribution in [0.1, 0.15) is 10.4 Å². The van der Waals surface area contributed by atoms with E-state index in [0.29, 0.717) is 0 Å². The maximum absolute atomic E-state index is 14.5. The van der Waals surface area contributed by atoms with Crippen LogP contribution in [0.4, 0.5) is 8.78 Å². The molecule has 2 rings (SSSR count). The van der Waals surface area contributed by atoms with Crippen LogP contribution in [0.3, 0.4) is 0 Å². The second kappa shape index (κ2) is 4.61. The van der Waals surface area contributed by atoms with Gasteiger partial charge in [0.05, 0.1) is 6.61 Å². The first-order chi connectivity index (χ1) is 8.84. The van der Waals surface area contributed by atoms with Gasteiger partial charge in [0, 0.05) is 5.56 Å². The molecular formula is C12H12F2O5. The van der Waals surface area contributed by atoms with Gasteiger partial charge in [-0.2, -0.15) is 4.39 Å². The number of Topliss-reactive ketones (excluding diaryl/α,β-unsaturated/α-hetero) is 1. The van der Waals surface area contributed by atoms with E-state index in [0.717, 1.165) is 0 Å². The lowest BCUT2D eigenvalue weighted by atomic mass is 9.87. The third-order valence-electron chi connectivity index (χ3n) is 3.06. The Labute approximate surface area is 107 Å². The number of rotatable bonds is 3. The van der Waals surface area contributed by atoms with Crippen LogP contribution in [0.15, 0.2) is 30.3 Å². The molecular weight excluding hydrogens is 262 g/mol. The fourth-order valence-electron chi connectivity index (χ4n) is 2.00. The lowest BCUT2D eigenvalue weighted by Crippen LogP contribution is -2.56. The van der Waals surface area contributed by atoms with Gasteiger partial charge in [0.25, 0.3) is 5.67 Å². The van der Waals surface area contributed by atoms with Crippen molar-refractivity contribution in [3.63, 3.8) is 0 Å². The lowest BCUT2D eigenvalue weighted by Gasteiger charge is -2.27. The third-order valence-corrected chi connectivity index (χ3v) is 3.06. The molecule has 0 aliphatic carbocycles. The van der Waals surface area contributed by atoms with Crippen molar-refractivity contribution in [3.8, 4) is 0 Å². The zero-order valence-electron chi connectivity index (χ0n) is 9.66. The van der Waals surface area contributed by atoms with Gasteiger partial charge < -0.3 is 20.1 Å². The van der Waals surface area contributed by atoms with Gasteiger partial charge in [-0.1, -0.05) is 30.3 Å². The van der Waals surface area contributed by atoms with Crippen LogP contribution in [0, 0.1) is 0 Å². The number of alkyl halides is 2. The number of hydrogen-bond acceptors (Lipinski definition) is 5. The Morgan fingerprint density at radius 1 is 1.32 bits per heavy atom. The average molecular weight is 274 g/mol. The second-order valence-corrected chi connectivity index (χ2v) is 4.25. The summed E-state index contributed by atoms with van der Waals surface area (Å²) in [6.45, 7) is -0.943. The normalized spacial score (nSPS) is 38.4. The fraction of sp³-hybridized carbons (Fsp3) is 0.417. The van der Waals surface area contributed by atoms with E-state index in [1.807, 2.05) is 0 Å². The van der Waals surface area contributed by atoms with Crippen molar-refractivity contribution in [3.05, 3.63) is 35.9 Å². The van der Waals surface area contributed by atoms with E-state index in [1.54, 1.807) is 6.07 Å². The minimum Gasteiger partial charge on any atom is -0.394 e. The van der Waals surface area contributed by atoms with Crippen LogP contribution in [0.25, 0.3) is 0 Å². The van der Waals surface area contributed by atoms with Crippen LogP contribution in [0.5, 0.6) is 0 Å². The van der Waals surface area contributed by atoms with Gasteiger partial charge in [0.2, 0.25) is 5.78 Å². The van der Waals surface area contributed by atoms with Crippen molar-refractivity contribution in [2.75, 3.05) is 6.61 Å². The van der Waals surface area contributed by atoms with Gasteiger partial charge in [0.15, 0.2) is 0 Å². The Kier molecular flexibility index (Phi) is 3.40. The van der Waals surface area contributed by atoms with Crippen molar-refractivity contribution in [1.29, 1.82) is 0 Å². The SMILES string of the molecule is O=C(c1ccccc1)[C@@]1(F)[C@H](O)[C@@H](CO)O[C@@]1(O)F. The number of carbonyl (C=O) groups is 1. The molecule has 0 saturated carbocycles. The van der Waals surface area contributed by atoms with Crippen molar-refractivity contribution in [2.24, 2.45) is 0 Å². The van der Waals surface area contributed by atoms with Crippen LogP contribution in [-0.4, -0.2) is 51.6 Å². The Morgan fingerprint density at radius 2 is 1.89 bits per heavy atom. The van der Waals surface area contributed by atoms with E-state index in [9.17, 15) is 23.8 Å². The number of benzene rings is 1. The molecule has 0 unspecified atom stereocenters. The Balaban J connectivity index is 2.43. The van der Waals surface area contributed by atoms with Gasteiger partial charge in [-0.25, -0.2) is 4.39 Å². The minimum absolute atomic E-state index is 0.234. The number of ether oxygens (including phenoxy) is 1. The summed E-state index contributed by atoms with van der Waals surface area (Å²) in [5.74, 6) is -1.46. The summed E-state index contributed by atoms with van der Waals surface area (Å²) in [7, 11) is 0. The topological polar surface area (TPSA) is 87.0 Å². The van der Waals surface area contributed by atoms with Crippen LogP contribution in [-0.2, 0) is 4.74 Å². The molecule has 1 fully saturated rings.